The van der Waals surface area contributed by atoms with Crippen LogP contribution in [0.5, 0.6) is 0 Å². The molecule has 1 atom stereocenters. The van der Waals surface area contributed by atoms with Gasteiger partial charge in [-0.25, -0.2) is 4.79 Å². The summed E-state index contributed by atoms with van der Waals surface area (Å²) in [5, 5.41) is 4.94. The molecular weight excluding hydrogens is 328 g/mol. The van der Waals surface area contributed by atoms with Crippen LogP contribution in [0, 0.1) is 0 Å². The number of aromatic nitrogens is 1. The highest BCUT2D eigenvalue weighted by Gasteiger charge is 2.23. The van der Waals surface area contributed by atoms with Crippen LogP contribution in [0.1, 0.15) is 26.9 Å². The molecule has 1 aliphatic rings. The summed E-state index contributed by atoms with van der Waals surface area (Å²) in [6, 6.07) is 7.19. The number of carbonyl (C=O) groups is 1. The van der Waals surface area contributed by atoms with Gasteiger partial charge in [0.25, 0.3) is 5.91 Å². The molecule has 6 nitrogen and oxygen atoms in total. The number of benzene rings is 1. The average molecular weight is 344 g/mol. The molecule has 0 bridgehead atoms. The van der Waals surface area contributed by atoms with E-state index < -0.39 is 5.76 Å². The highest BCUT2D eigenvalue weighted by atomic mass is 32.1. The van der Waals surface area contributed by atoms with E-state index in [1.807, 2.05) is 11.4 Å². The minimum Gasteiger partial charge on any atom is -0.407 e. The summed E-state index contributed by atoms with van der Waals surface area (Å²) in [5.74, 6) is -0.760. The molecule has 0 fully saturated rings. The Bertz CT molecular complexity index is 969. The van der Waals surface area contributed by atoms with Crippen LogP contribution in [0.3, 0.4) is 0 Å². The van der Waals surface area contributed by atoms with Crippen molar-refractivity contribution in [2.75, 3.05) is 13.2 Å². The number of amides is 1. The van der Waals surface area contributed by atoms with Crippen molar-refractivity contribution in [2.45, 2.75) is 12.5 Å². The van der Waals surface area contributed by atoms with Gasteiger partial charge in [0.2, 0.25) is 0 Å². The fraction of sp³-hybridized carbons (Fsp3) is 0.294. The van der Waals surface area contributed by atoms with Gasteiger partial charge in [0.1, 0.15) is 6.10 Å². The molecule has 1 unspecified atom stereocenters. The third kappa shape index (κ3) is 2.46. The maximum absolute atomic E-state index is 12.5. The number of nitrogens with zero attached hydrogens (tertiary/aromatic N) is 1. The number of carbonyl (C=O) groups excluding carboxylic acids is 1. The number of para-hydroxylation sites is 1. The molecule has 124 valence electrons. The van der Waals surface area contributed by atoms with E-state index in [9.17, 15) is 9.59 Å². The molecule has 0 saturated carbocycles. The highest BCUT2D eigenvalue weighted by Crippen LogP contribution is 2.30. The van der Waals surface area contributed by atoms with Gasteiger partial charge in [0, 0.05) is 24.9 Å². The number of oxazole rings is 1. The molecular formula is C17H16N2O4S. The summed E-state index contributed by atoms with van der Waals surface area (Å²) in [6.07, 6.45) is 0.789. The van der Waals surface area contributed by atoms with Crippen molar-refractivity contribution >= 4 is 28.3 Å². The molecule has 1 N–H and O–H groups in total. The molecule has 1 aliphatic heterocycles. The number of thiophene rings is 1. The van der Waals surface area contributed by atoms with Gasteiger partial charge in [-0.15, -0.1) is 11.3 Å². The van der Waals surface area contributed by atoms with E-state index in [1.54, 1.807) is 36.6 Å². The van der Waals surface area contributed by atoms with Crippen LogP contribution < -0.4 is 11.1 Å². The van der Waals surface area contributed by atoms with Gasteiger partial charge < -0.3 is 14.5 Å². The molecule has 0 aliphatic carbocycles. The topological polar surface area (TPSA) is 73.5 Å². The number of nitrogens with one attached hydrogen (secondary N) is 1. The van der Waals surface area contributed by atoms with Crippen molar-refractivity contribution in [1.82, 2.24) is 9.88 Å². The van der Waals surface area contributed by atoms with Crippen molar-refractivity contribution < 1.29 is 13.9 Å². The fourth-order valence-electron chi connectivity index (χ4n) is 3.00. The molecule has 1 amide bonds. The van der Waals surface area contributed by atoms with Crippen LogP contribution in [-0.2, 0) is 18.2 Å². The first-order chi connectivity index (χ1) is 11.6. The van der Waals surface area contributed by atoms with Gasteiger partial charge in [0.05, 0.1) is 17.7 Å². The van der Waals surface area contributed by atoms with Gasteiger partial charge in [-0.2, -0.15) is 0 Å². The molecule has 7 heteroatoms. The minimum absolute atomic E-state index is 0.133. The molecule has 3 aromatic rings. The van der Waals surface area contributed by atoms with Gasteiger partial charge in [-0.1, -0.05) is 6.07 Å². The predicted molar refractivity (Wildman–Crippen MR) is 90.5 cm³/mol. The Labute approximate surface area is 141 Å². The Kier molecular flexibility index (Phi) is 3.74. The number of aryl methyl sites for hydroxylation is 1. The lowest BCUT2D eigenvalue weighted by atomic mass is 10.1. The summed E-state index contributed by atoms with van der Waals surface area (Å²) in [7, 11) is 1.61. The van der Waals surface area contributed by atoms with E-state index in [1.165, 1.54) is 9.44 Å². The Morgan fingerprint density at radius 2 is 2.29 bits per heavy atom. The first-order valence-corrected chi connectivity index (χ1v) is 8.57. The van der Waals surface area contributed by atoms with Gasteiger partial charge in [-0.3, -0.25) is 9.36 Å². The number of rotatable bonds is 3. The van der Waals surface area contributed by atoms with Crippen LogP contribution in [0.25, 0.3) is 11.1 Å². The predicted octanol–water partition coefficient (Wildman–Crippen LogP) is 2.24. The minimum atomic E-state index is -0.483. The summed E-state index contributed by atoms with van der Waals surface area (Å²) >= 11 is 1.72. The number of ether oxygens (including phenoxy) is 1. The Hall–Kier alpha value is -2.38. The van der Waals surface area contributed by atoms with Crippen molar-refractivity contribution in [3.05, 3.63) is 56.2 Å². The molecule has 1 aromatic carbocycles. The van der Waals surface area contributed by atoms with E-state index in [0.717, 1.165) is 12.0 Å². The van der Waals surface area contributed by atoms with Crippen LogP contribution in [0.15, 0.2) is 38.9 Å². The smallest absolute Gasteiger partial charge is 0.407 e. The summed E-state index contributed by atoms with van der Waals surface area (Å²) < 4.78 is 12.4. The maximum Gasteiger partial charge on any atom is 0.419 e. The number of hydrogen-bond acceptors (Lipinski definition) is 5. The van der Waals surface area contributed by atoms with E-state index >= 15 is 0 Å². The number of fused-ring (bicyclic) bond motifs is 2. The second kappa shape index (κ2) is 5.92. The third-order valence-corrected chi connectivity index (χ3v) is 5.28. The zero-order valence-corrected chi connectivity index (χ0v) is 13.9. The van der Waals surface area contributed by atoms with Gasteiger partial charge >= 0.3 is 5.76 Å². The molecule has 3 heterocycles. The Balaban J connectivity index is 1.56. The number of hydrogen-bond donors (Lipinski definition) is 1. The SMILES string of the molecule is Cn1c(=O)oc2c(C(=O)NCC3OCCc4sccc43)cccc21. The molecule has 4 rings (SSSR count). The average Bonchev–Trinajstić information content (AvgIpc) is 3.18. The quantitative estimate of drug-likeness (QED) is 0.791. The summed E-state index contributed by atoms with van der Waals surface area (Å²) in [5.41, 5.74) is 2.41. The van der Waals surface area contributed by atoms with Crippen molar-refractivity contribution in [1.29, 1.82) is 0 Å². The summed E-state index contributed by atoms with van der Waals surface area (Å²) in [4.78, 5) is 25.5. The van der Waals surface area contributed by atoms with E-state index in [-0.39, 0.29) is 12.0 Å². The van der Waals surface area contributed by atoms with Crippen molar-refractivity contribution in [2.24, 2.45) is 7.05 Å². The van der Waals surface area contributed by atoms with Crippen LogP contribution >= 0.6 is 11.3 Å². The molecule has 0 spiro atoms. The lowest BCUT2D eigenvalue weighted by molar-refractivity contribution is 0.0423. The third-order valence-electron chi connectivity index (χ3n) is 4.29. The molecule has 0 radical (unpaired) electrons. The Morgan fingerprint density at radius 1 is 1.42 bits per heavy atom. The Morgan fingerprint density at radius 3 is 3.17 bits per heavy atom. The zero-order chi connectivity index (χ0) is 16.7. The van der Waals surface area contributed by atoms with E-state index in [2.05, 4.69) is 5.32 Å². The normalized spacial score (nSPS) is 17.0. The van der Waals surface area contributed by atoms with E-state index in [4.69, 9.17) is 9.15 Å². The van der Waals surface area contributed by atoms with Crippen molar-refractivity contribution in [3.63, 3.8) is 0 Å². The largest absolute Gasteiger partial charge is 0.419 e. The van der Waals surface area contributed by atoms with Crippen LogP contribution in [-0.4, -0.2) is 23.6 Å². The molecule has 0 saturated heterocycles. The second-order valence-electron chi connectivity index (χ2n) is 5.70. The van der Waals surface area contributed by atoms with Crippen LogP contribution in [0.2, 0.25) is 0 Å². The molecule has 2 aromatic heterocycles. The second-order valence-corrected chi connectivity index (χ2v) is 6.70. The molecule has 24 heavy (non-hydrogen) atoms. The standard InChI is InChI=1S/C17H16N2O4S/c1-19-12-4-2-3-11(15(12)23-17(19)21)16(20)18-9-13-10-6-8-24-14(10)5-7-22-13/h2-4,6,8,13H,5,7,9H2,1H3,(H,18,20). The first-order valence-electron chi connectivity index (χ1n) is 7.70. The monoisotopic (exact) mass is 344 g/mol. The highest BCUT2D eigenvalue weighted by molar-refractivity contribution is 7.10. The fourth-order valence-corrected chi connectivity index (χ4v) is 3.92. The maximum atomic E-state index is 12.5. The van der Waals surface area contributed by atoms with E-state index in [0.29, 0.717) is 29.8 Å². The van der Waals surface area contributed by atoms with Crippen LogP contribution in [0.4, 0.5) is 0 Å². The van der Waals surface area contributed by atoms with Gasteiger partial charge in [0.15, 0.2) is 5.58 Å². The van der Waals surface area contributed by atoms with Crippen molar-refractivity contribution in [3.8, 4) is 0 Å². The summed E-state index contributed by atoms with van der Waals surface area (Å²) in [6.45, 7) is 1.05. The lowest BCUT2D eigenvalue weighted by Gasteiger charge is -2.23. The first kappa shape index (κ1) is 15.2. The lowest BCUT2D eigenvalue weighted by Crippen LogP contribution is -2.31. The van der Waals surface area contributed by atoms with Gasteiger partial charge in [-0.05, 0) is 29.1 Å². The zero-order valence-electron chi connectivity index (χ0n) is 13.1.